The molecule has 1 unspecified atom stereocenters. The van der Waals surface area contributed by atoms with Gasteiger partial charge in [0.25, 0.3) is 5.91 Å². The number of benzene rings is 2. The summed E-state index contributed by atoms with van der Waals surface area (Å²) in [4.78, 5) is 20.2. The van der Waals surface area contributed by atoms with Crippen LogP contribution >= 0.6 is 0 Å². The summed E-state index contributed by atoms with van der Waals surface area (Å²) in [6, 6.07) is 9.69. The largest absolute Gasteiger partial charge is 0.573 e. The molecule has 0 fully saturated rings. The van der Waals surface area contributed by atoms with Gasteiger partial charge in [0.2, 0.25) is 0 Å². The van der Waals surface area contributed by atoms with Crippen LogP contribution in [0.3, 0.4) is 0 Å². The first kappa shape index (κ1) is 34.2. The van der Waals surface area contributed by atoms with Gasteiger partial charge >= 0.3 is 6.36 Å². The number of carbonyl (C=O) groups is 1. The summed E-state index contributed by atoms with van der Waals surface area (Å²) in [6.07, 6.45) is -1.36. The van der Waals surface area contributed by atoms with E-state index in [1.807, 2.05) is 45.7 Å². The number of ether oxygens (including phenoxy) is 3. The second kappa shape index (κ2) is 14.5. The Morgan fingerprint density at radius 2 is 1.75 bits per heavy atom. The molecule has 2 aromatic heterocycles. The number of hydrogen-bond donors (Lipinski definition) is 0. The molecule has 1 aliphatic heterocycles. The van der Waals surface area contributed by atoms with Gasteiger partial charge in [0.05, 0.1) is 31.5 Å². The molecule has 0 spiro atoms. The third-order valence-corrected chi connectivity index (χ3v) is 7.38. The molecule has 0 saturated heterocycles. The van der Waals surface area contributed by atoms with Crippen molar-refractivity contribution in [2.24, 2.45) is 7.05 Å². The Bertz CT molecular complexity index is 1580. The monoisotopic (exact) mass is 614 g/mol. The Morgan fingerprint density at radius 3 is 2.34 bits per heavy atom. The second-order valence-electron chi connectivity index (χ2n) is 10.1. The predicted octanol–water partition coefficient (Wildman–Crippen LogP) is 7.67. The zero-order chi connectivity index (χ0) is 32.8. The summed E-state index contributed by atoms with van der Waals surface area (Å²) in [5.74, 6) is 1.36. The maximum absolute atomic E-state index is 13.7. The number of nitrogens with zero attached hydrogens (tertiary/aromatic N) is 4. The molecule has 0 saturated carbocycles. The number of amides is 1. The first-order valence-corrected chi connectivity index (χ1v) is 14.6. The first-order valence-electron chi connectivity index (χ1n) is 14.6. The maximum Gasteiger partial charge on any atom is 0.573 e. The molecule has 238 valence electrons. The van der Waals surface area contributed by atoms with E-state index in [0.717, 1.165) is 57.8 Å². The average Bonchev–Trinajstić information content (AvgIpc) is 3.29. The van der Waals surface area contributed by atoms with E-state index in [-0.39, 0.29) is 17.7 Å². The number of methoxy groups -OCH3 is 2. The molecule has 0 N–H and O–H groups in total. The number of halogens is 3. The Hall–Kier alpha value is -4.28. The van der Waals surface area contributed by atoms with Gasteiger partial charge in [-0.2, -0.15) is 5.10 Å². The van der Waals surface area contributed by atoms with Gasteiger partial charge in [0.15, 0.2) is 5.65 Å². The van der Waals surface area contributed by atoms with E-state index in [0.29, 0.717) is 12.1 Å². The minimum Gasteiger partial charge on any atom is -0.497 e. The SMILES string of the molecule is CC.CCC1c2c(cc(OC)cc2OC)CCN1C(=O)c1cnc2c(c(C)nn2C)c1C.Cc1cccc(OC(F)(F)F)c1. The fourth-order valence-corrected chi connectivity index (χ4v) is 5.52. The molecule has 5 rings (SSSR count). The Labute approximate surface area is 256 Å². The van der Waals surface area contributed by atoms with Crippen LogP contribution in [0.5, 0.6) is 17.2 Å². The molecule has 11 heteroatoms. The van der Waals surface area contributed by atoms with Gasteiger partial charge in [-0.1, -0.05) is 32.9 Å². The van der Waals surface area contributed by atoms with Crippen molar-refractivity contribution in [1.82, 2.24) is 19.7 Å². The summed E-state index contributed by atoms with van der Waals surface area (Å²) in [7, 11) is 5.19. The zero-order valence-corrected chi connectivity index (χ0v) is 26.8. The highest BCUT2D eigenvalue weighted by Crippen LogP contribution is 2.42. The molecule has 8 nitrogen and oxygen atoms in total. The van der Waals surface area contributed by atoms with E-state index >= 15 is 0 Å². The van der Waals surface area contributed by atoms with E-state index in [4.69, 9.17) is 9.47 Å². The van der Waals surface area contributed by atoms with Crippen molar-refractivity contribution in [3.05, 3.63) is 76.1 Å². The van der Waals surface area contributed by atoms with Gasteiger partial charge in [0, 0.05) is 36.8 Å². The third-order valence-electron chi connectivity index (χ3n) is 7.38. The van der Waals surface area contributed by atoms with Gasteiger partial charge in [-0.25, -0.2) is 4.98 Å². The Morgan fingerprint density at radius 1 is 1.05 bits per heavy atom. The maximum atomic E-state index is 13.7. The van der Waals surface area contributed by atoms with Crippen molar-refractivity contribution in [3.63, 3.8) is 0 Å². The lowest BCUT2D eigenvalue weighted by Crippen LogP contribution is -2.40. The van der Waals surface area contributed by atoms with Crippen LogP contribution in [0.2, 0.25) is 0 Å². The fourth-order valence-electron chi connectivity index (χ4n) is 5.52. The normalized spacial score (nSPS) is 14.1. The Kier molecular flexibility index (Phi) is 11.2. The molecule has 1 amide bonds. The highest BCUT2D eigenvalue weighted by atomic mass is 19.4. The number of alkyl halides is 3. The van der Waals surface area contributed by atoms with Crippen molar-refractivity contribution < 1.29 is 32.2 Å². The third kappa shape index (κ3) is 7.43. The quantitative estimate of drug-likeness (QED) is 0.230. The molecular weight excluding hydrogens is 573 g/mol. The molecule has 2 aromatic carbocycles. The minimum atomic E-state index is -4.60. The summed E-state index contributed by atoms with van der Waals surface area (Å²) < 4.78 is 51.5. The standard InChI is InChI=1S/C23H28N4O3.C8H7F3O.C2H6/c1-7-18-21-15(10-16(29-5)11-19(21)30-6)8-9-27(18)23(28)17-12-24-22-20(13(17)2)14(3)25-26(22)4;1-6-3-2-4-7(5-6)12-8(9,10)11;1-2/h10-12,18H,7-9H2,1-6H3;2-5H,1H3;1-2H3. The van der Waals surface area contributed by atoms with Crippen LogP contribution in [0.4, 0.5) is 13.2 Å². The number of fused-ring (bicyclic) bond motifs is 2. The average molecular weight is 615 g/mol. The summed E-state index contributed by atoms with van der Waals surface area (Å²) in [5.41, 5.74) is 6.23. The number of hydrogen-bond acceptors (Lipinski definition) is 6. The molecule has 44 heavy (non-hydrogen) atoms. The molecule has 0 bridgehead atoms. The fraction of sp³-hybridized carbons (Fsp3) is 0.424. The second-order valence-corrected chi connectivity index (χ2v) is 10.1. The lowest BCUT2D eigenvalue weighted by Gasteiger charge is -2.38. The van der Waals surface area contributed by atoms with Gasteiger partial charge < -0.3 is 19.1 Å². The van der Waals surface area contributed by atoms with Crippen LogP contribution in [0.1, 0.15) is 71.5 Å². The van der Waals surface area contributed by atoms with Crippen molar-refractivity contribution in [2.75, 3.05) is 20.8 Å². The van der Waals surface area contributed by atoms with Crippen LogP contribution in [-0.4, -0.2) is 52.7 Å². The van der Waals surface area contributed by atoms with Crippen LogP contribution < -0.4 is 14.2 Å². The summed E-state index contributed by atoms with van der Waals surface area (Å²) in [5, 5.41) is 5.42. The van der Waals surface area contributed by atoms with E-state index in [1.54, 1.807) is 38.1 Å². The summed E-state index contributed by atoms with van der Waals surface area (Å²) in [6.45, 7) is 12.4. The molecule has 4 aromatic rings. The number of aryl methyl sites for hydroxylation is 4. The minimum absolute atomic E-state index is 0.000485. The summed E-state index contributed by atoms with van der Waals surface area (Å²) >= 11 is 0. The lowest BCUT2D eigenvalue weighted by atomic mass is 9.89. The highest BCUT2D eigenvalue weighted by Gasteiger charge is 2.34. The lowest BCUT2D eigenvalue weighted by molar-refractivity contribution is -0.274. The zero-order valence-electron chi connectivity index (χ0n) is 26.8. The van der Waals surface area contributed by atoms with Gasteiger partial charge in [-0.05, 0) is 68.5 Å². The molecule has 1 aliphatic rings. The van der Waals surface area contributed by atoms with Crippen LogP contribution in [0.25, 0.3) is 11.0 Å². The molecule has 0 radical (unpaired) electrons. The smallest absolute Gasteiger partial charge is 0.497 e. The van der Waals surface area contributed by atoms with Gasteiger partial charge in [0.1, 0.15) is 17.2 Å². The van der Waals surface area contributed by atoms with Crippen molar-refractivity contribution >= 4 is 16.9 Å². The van der Waals surface area contributed by atoms with Gasteiger partial charge in [-0.15, -0.1) is 13.2 Å². The first-order chi connectivity index (χ1) is 20.9. The van der Waals surface area contributed by atoms with E-state index in [2.05, 4.69) is 27.8 Å². The molecule has 1 atom stereocenters. The van der Waals surface area contributed by atoms with Crippen LogP contribution in [-0.2, 0) is 13.5 Å². The predicted molar refractivity (Wildman–Crippen MR) is 165 cm³/mol. The number of rotatable bonds is 5. The molecule has 3 heterocycles. The van der Waals surface area contributed by atoms with E-state index in [9.17, 15) is 18.0 Å². The van der Waals surface area contributed by atoms with Crippen molar-refractivity contribution in [3.8, 4) is 17.2 Å². The van der Waals surface area contributed by atoms with Crippen molar-refractivity contribution in [2.45, 2.75) is 66.8 Å². The topological polar surface area (TPSA) is 78.7 Å². The van der Waals surface area contributed by atoms with E-state index in [1.165, 1.54) is 23.8 Å². The van der Waals surface area contributed by atoms with Crippen LogP contribution in [0, 0.1) is 20.8 Å². The van der Waals surface area contributed by atoms with Crippen LogP contribution in [0.15, 0.2) is 42.6 Å². The number of carbonyl (C=O) groups excluding carboxylic acids is 1. The van der Waals surface area contributed by atoms with Crippen molar-refractivity contribution in [1.29, 1.82) is 0 Å². The van der Waals surface area contributed by atoms with E-state index < -0.39 is 6.36 Å². The Balaban J connectivity index is 0.000000317. The number of aromatic nitrogens is 3. The highest BCUT2D eigenvalue weighted by molar-refractivity contribution is 6.00. The number of pyridine rings is 1. The molecule has 0 aliphatic carbocycles. The molecular formula is C33H41F3N4O4. The van der Waals surface area contributed by atoms with Gasteiger partial charge in [-0.3, -0.25) is 9.48 Å².